The molecule has 3 N–H and O–H groups in total. The third-order valence-electron chi connectivity index (χ3n) is 1.68. The van der Waals surface area contributed by atoms with Gasteiger partial charge in [-0.15, -0.1) is 0 Å². The Balaban J connectivity index is 3.28. The maximum absolute atomic E-state index is 11.6. The van der Waals surface area contributed by atoms with Crippen molar-refractivity contribution in [1.29, 1.82) is 0 Å². The van der Waals surface area contributed by atoms with Crippen molar-refractivity contribution in [2.75, 3.05) is 6.26 Å². The molecule has 16 heavy (non-hydrogen) atoms. The summed E-state index contributed by atoms with van der Waals surface area (Å²) in [6.45, 7) is 0. The van der Waals surface area contributed by atoms with Crippen LogP contribution in [0.5, 0.6) is 0 Å². The lowest BCUT2D eigenvalue weighted by Crippen LogP contribution is -2.35. The molecule has 0 radical (unpaired) electrons. The number of amides is 2. The van der Waals surface area contributed by atoms with Gasteiger partial charge in [-0.2, -0.15) is 0 Å². The van der Waals surface area contributed by atoms with Crippen molar-refractivity contribution in [3.63, 3.8) is 0 Å². The largest absolute Gasteiger partial charge is 0.612 e. The minimum atomic E-state index is -4.05. The van der Waals surface area contributed by atoms with Crippen molar-refractivity contribution in [3.8, 4) is 0 Å². The summed E-state index contributed by atoms with van der Waals surface area (Å²) in [4.78, 5) is 10.4. The number of rotatable bonds is 3. The maximum Gasteiger partial charge on any atom is 0.326 e. The minimum absolute atomic E-state index is 0.122. The summed E-state index contributed by atoms with van der Waals surface area (Å²) in [5.74, 6) is 0. The number of sulfonamides is 1. The summed E-state index contributed by atoms with van der Waals surface area (Å²) in [6.07, 6.45) is 1.35. The third-order valence-corrected chi connectivity index (χ3v) is 4.19. The monoisotopic (exact) mass is 262 g/mol. The lowest BCUT2D eigenvalue weighted by atomic mass is 10.4. The molecule has 0 aliphatic carbocycles. The van der Waals surface area contributed by atoms with Crippen LogP contribution in [0.3, 0.4) is 0 Å². The molecule has 0 heterocycles. The Bertz CT molecular complexity index is 499. The van der Waals surface area contributed by atoms with Crippen LogP contribution >= 0.6 is 0 Å². The average Bonchev–Trinajstić information content (AvgIpc) is 2.15. The van der Waals surface area contributed by atoms with E-state index in [0.29, 0.717) is 0 Å². The summed E-state index contributed by atoms with van der Waals surface area (Å²) in [6, 6.07) is 4.50. The van der Waals surface area contributed by atoms with E-state index in [4.69, 9.17) is 5.73 Å². The molecule has 1 rings (SSSR count). The second kappa shape index (κ2) is 4.73. The van der Waals surface area contributed by atoms with Crippen molar-refractivity contribution in [1.82, 2.24) is 4.72 Å². The van der Waals surface area contributed by atoms with Gasteiger partial charge in [0.05, 0.1) is 0 Å². The number of hydrogen-bond donors (Lipinski definition) is 2. The smallest absolute Gasteiger partial charge is 0.326 e. The van der Waals surface area contributed by atoms with Gasteiger partial charge in [0, 0.05) is 0 Å². The molecular formula is C8H10N2O4S2. The van der Waals surface area contributed by atoms with Gasteiger partial charge in [0.1, 0.15) is 11.2 Å². The van der Waals surface area contributed by atoms with Gasteiger partial charge in [-0.05, 0) is 23.3 Å². The van der Waals surface area contributed by atoms with Crippen LogP contribution in [-0.2, 0) is 21.2 Å². The van der Waals surface area contributed by atoms with Gasteiger partial charge in [-0.25, -0.2) is 17.9 Å². The van der Waals surface area contributed by atoms with Crippen LogP contribution in [0.15, 0.2) is 34.1 Å². The van der Waals surface area contributed by atoms with E-state index in [-0.39, 0.29) is 9.79 Å². The molecule has 1 unspecified atom stereocenters. The van der Waals surface area contributed by atoms with Gasteiger partial charge in [0.2, 0.25) is 0 Å². The normalized spacial score (nSPS) is 13.1. The zero-order valence-corrected chi connectivity index (χ0v) is 9.97. The first-order valence-electron chi connectivity index (χ1n) is 4.09. The van der Waals surface area contributed by atoms with Crippen LogP contribution in [0.2, 0.25) is 0 Å². The molecule has 6 nitrogen and oxygen atoms in total. The number of nitrogens with two attached hydrogens (primary N) is 1. The Morgan fingerprint density at radius 3 is 2.50 bits per heavy atom. The van der Waals surface area contributed by atoms with Crippen LogP contribution in [-0.4, -0.2) is 25.3 Å². The summed E-state index contributed by atoms with van der Waals surface area (Å²) in [7, 11) is -4.05. The highest BCUT2D eigenvalue weighted by Gasteiger charge is 2.24. The number of hydrogen-bond acceptors (Lipinski definition) is 4. The number of nitrogens with one attached hydrogen (secondary N) is 1. The quantitative estimate of drug-likeness (QED) is 0.733. The fourth-order valence-electron chi connectivity index (χ4n) is 1.10. The third kappa shape index (κ3) is 2.87. The molecule has 2 amide bonds. The van der Waals surface area contributed by atoms with E-state index in [2.05, 4.69) is 0 Å². The molecule has 88 valence electrons. The molecule has 1 aromatic rings. The summed E-state index contributed by atoms with van der Waals surface area (Å²) in [5, 5.41) is 0. The highest BCUT2D eigenvalue weighted by atomic mass is 32.2. The van der Waals surface area contributed by atoms with Crippen molar-refractivity contribution in [2.45, 2.75) is 9.79 Å². The van der Waals surface area contributed by atoms with Crippen LogP contribution in [0.1, 0.15) is 0 Å². The number of benzene rings is 1. The van der Waals surface area contributed by atoms with Crippen molar-refractivity contribution < 1.29 is 17.8 Å². The van der Waals surface area contributed by atoms with E-state index < -0.39 is 27.2 Å². The number of primary amides is 1. The van der Waals surface area contributed by atoms with Gasteiger partial charge in [0.15, 0.2) is 4.90 Å². The zero-order valence-electron chi connectivity index (χ0n) is 8.34. The standard InChI is InChI=1S/C8H10N2O4S2/c1-15(12)6-4-2-3-5-7(6)16(13,14)10-8(9)11/h2-5H,1H3,(H3,9,10,11). The topological polar surface area (TPSA) is 112 Å². The molecule has 0 saturated carbocycles. The van der Waals surface area contributed by atoms with Crippen LogP contribution < -0.4 is 10.5 Å². The van der Waals surface area contributed by atoms with E-state index in [9.17, 15) is 17.8 Å². The van der Waals surface area contributed by atoms with Crippen LogP contribution in [0.4, 0.5) is 4.79 Å². The first-order valence-corrected chi connectivity index (χ1v) is 7.13. The highest BCUT2D eigenvalue weighted by molar-refractivity contribution is 7.93. The Morgan fingerprint density at radius 2 is 2.00 bits per heavy atom. The first kappa shape index (κ1) is 12.8. The van der Waals surface area contributed by atoms with Gasteiger partial charge in [0.25, 0.3) is 10.0 Å². The second-order valence-electron chi connectivity index (χ2n) is 2.87. The molecule has 1 aromatic carbocycles. The van der Waals surface area contributed by atoms with Gasteiger partial charge < -0.3 is 10.3 Å². The van der Waals surface area contributed by atoms with E-state index in [1.54, 1.807) is 10.8 Å². The van der Waals surface area contributed by atoms with Crippen LogP contribution in [0, 0.1) is 0 Å². The molecule has 0 bridgehead atoms. The van der Waals surface area contributed by atoms with E-state index in [0.717, 1.165) is 0 Å². The Morgan fingerprint density at radius 1 is 1.44 bits per heavy atom. The van der Waals surface area contributed by atoms with Crippen molar-refractivity contribution in [2.24, 2.45) is 5.73 Å². The Hall–Kier alpha value is -1.25. The van der Waals surface area contributed by atoms with E-state index in [1.807, 2.05) is 0 Å². The molecule has 8 heteroatoms. The molecular weight excluding hydrogens is 252 g/mol. The van der Waals surface area contributed by atoms with E-state index >= 15 is 0 Å². The Kier molecular flexibility index (Phi) is 3.79. The molecule has 0 aliphatic rings. The SMILES string of the molecule is C[S+]([O-])c1ccccc1S(=O)(=O)NC(N)=O. The average molecular weight is 262 g/mol. The summed E-state index contributed by atoms with van der Waals surface area (Å²) >= 11 is -1.47. The molecule has 0 spiro atoms. The lowest BCUT2D eigenvalue weighted by molar-refractivity contribution is 0.253. The summed E-state index contributed by atoms with van der Waals surface area (Å²) in [5.41, 5.74) is 4.74. The fourth-order valence-corrected chi connectivity index (χ4v) is 3.37. The maximum atomic E-state index is 11.6. The first-order chi connectivity index (χ1) is 7.34. The van der Waals surface area contributed by atoms with Gasteiger partial charge in [-0.3, -0.25) is 0 Å². The zero-order chi connectivity index (χ0) is 12.3. The van der Waals surface area contributed by atoms with Gasteiger partial charge in [-0.1, -0.05) is 12.1 Å². The predicted molar refractivity (Wildman–Crippen MR) is 58.7 cm³/mol. The lowest BCUT2D eigenvalue weighted by Gasteiger charge is -2.10. The van der Waals surface area contributed by atoms with Crippen molar-refractivity contribution in [3.05, 3.63) is 24.3 Å². The number of carbonyl (C=O) groups is 1. The molecule has 0 fully saturated rings. The van der Waals surface area contributed by atoms with Crippen molar-refractivity contribution >= 4 is 27.2 Å². The predicted octanol–water partition coefficient (Wildman–Crippen LogP) is -0.219. The van der Waals surface area contributed by atoms with Crippen LogP contribution in [0.25, 0.3) is 0 Å². The molecule has 1 atom stereocenters. The van der Waals surface area contributed by atoms with E-state index in [1.165, 1.54) is 24.5 Å². The summed E-state index contributed by atoms with van der Waals surface area (Å²) < 4.78 is 36.2. The minimum Gasteiger partial charge on any atom is -0.612 e. The highest BCUT2D eigenvalue weighted by Crippen LogP contribution is 2.19. The number of urea groups is 1. The molecule has 0 saturated heterocycles. The number of carbonyl (C=O) groups excluding carboxylic acids is 1. The van der Waals surface area contributed by atoms with Gasteiger partial charge >= 0.3 is 6.03 Å². The molecule has 0 aliphatic heterocycles. The Labute approximate surface area is 96.1 Å². The molecule has 0 aromatic heterocycles. The fraction of sp³-hybridized carbons (Fsp3) is 0.125. The second-order valence-corrected chi connectivity index (χ2v) is 5.87.